The van der Waals surface area contributed by atoms with Crippen molar-refractivity contribution >= 4 is 18.0 Å². The third kappa shape index (κ3) is 1.52. The second-order valence-electron chi connectivity index (χ2n) is 3.96. The van der Waals surface area contributed by atoms with Gasteiger partial charge in [0.2, 0.25) is 0 Å². The molecule has 0 saturated carbocycles. The molecule has 2 rings (SSSR count). The fraction of sp³-hybridized carbons (Fsp3) is 0.273. The first-order chi connectivity index (χ1) is 6.07. The summed E-state index contributed by atoms with van der Waals surface area (Å²) in [5.74, 6) is 1.32. The Morgan fingerprint density at radius 1 is 1.23 bits per heavy atom. The maximum Gasteiger partial charge on any atom is 0.191 e. The standard InChI is InChI=1S/C11H13NO/c1-11(2)5-3-8-7-10(12)13-9(8)4-6-11/h3-7H,12H2,1-2H3. The van der Waals surface area contributed by atoms with Crippen molar-refractivity contribution in [1.82, 2.24) is 0 Å². The first kappa shape index (κ1) is 8.17. The van der Waals surface area contributed by atoms with Gasteiger partial charge < -0.3 is 10.2 Å². The Hall–Kier alpha value is -1.44. The van der Waals surface area contributed by atoms with Crippen LogP contribution in [0, 0.1) is 5.41 Å². The fourth-order valence-corrected chi connectivity index (χ4v) is 1.35. The van der Waals surface area contributed by atoms with Crippen LogP contribution in [0.25, 0.3) is 12.2 Å². The smallest absolute Gasteiger partial charge is 0.191 e. The van der Waals surface area contributed by atoms with Crippen LogP contribution in [-0.4, -0.2) is 0 Å². The summed E-state index contributed by atoms with van der Waals surface area (Å²) in [5.41, 5.74) is 6.69. The quantitative estimate of drug-likeness (QED) is 0.658. The number of furan rings is 1. The van der Waals surface area contributed by atoms with Crippen molar-refractivity contribution < 1.29 is 4.42 Å². The zero-order valence-electron chi connectivity index (χ0n) is 7.87. The first-order valence-electron chi connectivity index (χ1n) is 4.35. The normalized spacial score (nSPS) is 18.3. The van der Waals surface area contributed by atoms with E-state index >= 15 is 0 Å². The lowest BCUT2D eigenvalue weighted by Gasteiger charge is -2.11. The van der Waals surface area contributed by atoms with E-state index in [1.807, 2.05) is 12.1 Å². The van der Waals surface area contributed by atoms with Gasteiger partial charge in [-0.1, -0.05) is 32.1 Å². The van der Waals surface area contributed by atoms with Crippen LogP contribution in [0.3, 0.4) is 0 Å². The summed E-state index contributed by atoms with van der Waals surface area (Å²) in [4.78, 5) is 0. The molecule has 0 fully saturated rings. The topological polar surface area (TPSA) is 39.2 Å². The van der Waals surface area contributed by atoms with Crippen LogP contribution < -0.4 is 5.73 Å². The van der Waals surface area contributed by atoms with Crippen LogP contribution in [0.2, 0.25) is 0 Å². The number of hydrogen-bond acceptors (Lipinski definition) is 2. The zero-order valence-corrected chi connectivity index (χ0v) is 7.87. The second kappa shape index (κ2) is 2.52. The predicted molar refractivity (Wildman–Crippen MR) is 55.0 cm³/mol. The van der Waals surface area contributed by atoms with E-state index in [4.69, 9.17) is 10.2 Å². The minimum atomic E-state index is 0.0936. The van der Waals surface area contributed by atoms with E-state index in [1.165, 1.54) is 0 Å². The van der Waals surface area contributed by atoms with Gasteiger partial charge >= 0.3 is 0 Å². The number of nitrogen functional groups attached to an aromatic ring is 1. The molecule has 0 atom stereocenters. The summed E-state index contributed by atoms with van der Waals surface area (Å²) in [6.45, 7) is 4.30. The van der Waals surface area contributed by atoms with Crippen LogP contribution in [0.15, 0.2) is 22.6 Å². The zero-order chi connectivity index (χ0) is 9.47. The monoisotopic (exact) mass is 175 g/mol. The van der Waals surface area contributed by atoms with E-state index in [-0.39, 0.29) is 5.41 Å². The van der Waals surface area contributed by atoms with E-state index < -0.39 is 0 Å². The fourth-order valence-electron chi connectivity index (χ4n) is 1.35. The first-order valence-corrected chi connectivity index (χ1v) is 4.35. The third-order valence-electron chi connectivity index (χ3n) is 2.17. The molecule has 1 aromatic heterocycles. The van der Waals surface area contributed by atoms with Crippen molar-refractivity contribution in [2.45, 2.75) is 13.8 Å². The van der Waals surface area contributed by atoms with Crippen LogP contribution >= 0.6 is 0 Å². The Morgan fingerprint density at radius 2 is 1.92 bits per heavy atom. The van der Waals surface area contributed by atoms with Gasteiger partial charge in [0.25, 0.3) is 0 Å². The molecule has 0 aliphatic heterocycles. The van der Waals surface area contributed by atoms with E-state index in [1.54, 1.807) is 0 Å². The van der Waals surface area contributed by atoms with E-state index in [0.717, 1.165) is 11.3 Å². The lowest BCUT2D eigenvalue weighted by Crippen LogP contribution is -2.00. The van der Waals surface area contributed by atoms with Crippen molar-refractivity contribution in [3.63, 3.8) is 0 Å². The largest absolute Gasteiger partial charge is 0.441 e. The Labute approximate surface area is 77.7 Å². The SMILES string of the molecule is CC1(C)C=Cc2cc(N)oc2C=C1. The van der Waals surface area contributed by atoms with Gasteiger partial charge in [-0.25, -0.2) is 0 Å². The van der Waals surface area contributed by atoms with E-state index in [0.29, 0.717) is 5.88 Å². The molecule has 0 unspecified atom stereocenters. The summed E-state index contributed by atoms with van der Waals surface area (Å²) >= 11 is 0. The molecule has 1 aliphatic rings. The lowest BCUT2D eigenvalue weighted by atomic mass is 9.93. The molecular weight excluding hydrogens is 162 g/mol. The highest BCUT2D eigenvalue weighted by Crippen LogP contribution is 2.29. The molecule has 2 N–H and O–H groups in total. The minimum Gasteiger partial charge on any atom is -0.441 e. The molecule has 0 saturated heterocycles. The van der Waals surface area contributed by atoms with Crippen LogP contribution in [-0.2, 0) is 0 Å². The maximum absolute atomic E-state index is 5.54. The van der Waals surface area contributed by atoms with E-state index in [2.05, 4.69) is 32.1 Å². The molecule has 0 radical (unpaired) electrons. The van der Waals surface area contributed by atoms with Crippen molar-refractivity contribution in [2.75, 3.05) is 5.73 Å². The molecule has 1 aromatic rings. The van der Waals surface area contributed by atoms with Gasteiger partial charge in [0.05, 0.1) is 0 Å². The highest BCUT2D eigenvalue weighted by Gasteiger charge is 2.14. The Kier molecular flexibility index (Phi) is 1.59. The van der Waals surface area contributed by atoms with Gasteiger partial charge in [0.15, 0.2) is 5.88 Å². The predicted octanol–water partition coefficient (Wildman–Crippen LogP) is 2.93. The lowest BCUT2D eigenvalue weighted by molar-refractivity contribution is 0.574. The van der Waals surface area contributed by atoms with Crippen LogP contribution in [0.4, 0.5) is 5.88 Å². The maximum atomic E-state index is 5.54. The van der Waals surface area contributed by atoms with Gasteiger partial charge in [0, 0.05) is 17.0 Å². The Balaban J connectivity index is 2.50. The number of fused-ring (bicyclic) bond motifs is 1. The van der Waals surface area contributed by atoms with Gasteiger partial charge in [-0.2, -0.15) is 0 Å². The van der Waals surface area contributed by atoms with Gasteiger partial charge in [-0.05, 0) is 6.08 Å². The molecule has 0 spiro atoms. The molecule has 0 amide bonds. The summed E-state index contributed by atoms with van der Waals surface area (Å²) in [7, 11) is 0. The highest BCUT2D eigenvalue weighted by atomic mass is 16.3. The number of allylic oxidation sites excluding steroid dienone is 2. The average Bonchev–Trinajstić information content (AvgIpc) is 2.34. The average molecular weight is 175 g/mol. The second-order valence-corrected chi connectivity index (χ2v) is 3.96. The molecule has 0 bridgehead atoms. The van der Waals surface area contributed by atoms with Gasteiger partial charge in [-0.3, -0.25) is 0 Å². The van der Waals surface area contributed by atoms with Crippen molar-refractivity contribution in [2.24, 2.45) is 5.41 Å². The molecule has 0 aromatic carbocycles. The van der Waals surface area contributed by atoms with Crippen molar-refractivity contribution in [3.8, 4) is 0 Å². The molecule has 1 heterocycles. The van der Waals surface area contributed by atoms with Crippen LogP contribution in [0.1, 0.15) is 25.2 Å². The Bertz CT molecular complexity index is 349. The summed E-state index contributed by atoms with van der Waals surface area (Å²) in [6, 6.07) is 1.84. The van der Waals surface area contributed by atoms with E-state index in [9.17, 15) is 0 Å². The number of rotatable bonds is 0. The van der Waals surface area contributed by atoms with Crippen LogP contribution in [0.5, 0.6) is 0 Å². The molecule has 2 nitrogen and oxygen atoms in total. The highest BCUT2D eigenvalue weighted by molar-refractivity contribution is 5.67. The Morgan fingerprint density at radius 3 is 2.69 bits per heavy atom. The van der Waals surface area contributed by atoms with Crippen molar-refractivity contribution in [1.29, 1.82) is 0 Å². The number of hydrogen-bond donors (Lipinski definition) is 1. The molecule has 1 aliphatic carbocycles. The summed E-state index contributed by atoms with van der Waals surface area (Å²) in [6.07, 6.45) is 8.28. The van der Waals surface area contributed by atoms with Crippen molar-refractivity contribution in [3.05, 3.63) is 29.5 Å². The summed E-state index contributed by atoms with van der Waals surface area (Å²) < 4.78 is 5.32. The van der Waals surface area contributed by atoms with Gasteiger partial charge in [-0.15, -0.1) is 0 Å². The third-order valence-corrected chi connectivity index (χ3v) is 2.17. The molecule has 13 heavy (non-hydrogen) atoms. The minimum absolute atomic E-state index is 0.0936. The summed E-state index contributed by atoms with van der Waals surface area (Å²) in [5, 5.41) is 0. The molecule has 68 valence electrons. The molecular formula is C11H13NO. The van der Waals surface area contributed by atoms with Gasteiger partial charge in [0.1, 0.15) is 5.76 Å². The number of anilines is 1. The number of nitrogens with two attached hydrogens (primary N) is 1. The molecule has 2 heteroatoms.